The van der Waals surface area contributed by atoms with Crippen LogP contribution in [0.2, 0.25) is 0 Å². The molecule has 3 aromatic rings. The number of benzene rings is 1. The highest BCUT2D eigenvalue weighted by atomic mass is 32.1. The number of thiophene rings is 1. The highest BCUT2D eigenvalue weighted by Gasteiger charge is 2.14. The van der Waals surface area contributed by atoms with E-state index < -0.39 is 5.97 Å². The van der Waals surface area contributed by atoms with Crippen molar-refractivity contribution < 1.29 is 14.7 Å². The van der Waals surface area contributed by atoms with E-state index in [2.05, 4.69) is 10.3 Å². The largest absolute Gasteiger partial charge is 0.477 e. The average Bonchev–Trinajstić information content (AvgIpc) is 2.95. The fourth-order valence-electron chi connectivity index (χ4n) is 1.99. The SMILES string of the molecule is O=C(O)c1ccc(NC(=O)c2nccc3ccccc23)s1. The molecule has 6 heteroatoms. The van der Waals surface area contributed by atoms with Gasteiger partial charge in [0.1, 0.15) is 10.6 Å². The van der Waals surface area contributed by atoms with E-state index in [1.54, 1.807) is 12.3 Å². The highest BCUT2D eigenvalue weighted by Crippen LogP contribution is 2.23. The van der Waals surface area contributed by atoms with Crippen LogP contribution in [0.25, 0.3) is 10.8 Å². The van der Waals surface area contributed by atoms with Crippen LogP contribution in [0, 0.1) is 0 Å². The molecule has 0 saturated heterocycles. The van der Waals surface area contributed by atoms with Crippen molar-refractivity contribution in [2.75, 3.05) is 5.32 Å². The third kappa shape index (κ3) is 2.61. The van der Waals surface area contributed by atoms with Crippen molar-refractivity contribution in [2.24, 2.45) is 0 Å². The first-order valence-electron chi connectivity index (χ1n) is 6.13. The van der Waals surface area contributed by atoms with Gasteiger partial charge in [-0.25, -0.2) is 4.79 Å². The lowest BCUT2D eigenvalue weighted by Gasteiger charge is -2.05. The zero-order chi connectivity index (χ0) is 14.8. The molecule has 0 aliphatic carbocycles. The van der Waals surface area contributed by atoms with Gasteiger partial charge in [0.15, 0.2) is 0 Å². The minimum atomic E-state index is -1.01. The van der Waals surface area contributed by atoms with E-state index >= 15 is 0 Å². The van der Waals surface area contributed by atoms with Gasteiger partial charge in [-0.1, -0.05) is 24.3 Å². The summed E-state index contributed by atoms with van der Waals surface area (Å²) in [4.78, 5) is 27.4. The summed E-state index contributed by atoms with van der Waals surface area (Å²) in [5, 5.41) is 13.7. The molecule has 1 aromatic carbocycles. The molecule has 2 aromatic heterocycles. The van der Waals surface area contributed by atoms with E-state index in [0.717, 1.165) is 22.1 Å². The molecular weight excluding hydrogens is 288 g/mol. The monoisotopic (exact) mass is 298 g/mol. The number of carboxylic acid groups (broad SMARTS) is 1. The molecule has 5 nitrogen and oxygen atoms in total. The maximum absolute atomic E-state index is 12.3. The molecule has 0 bridgehead atoms. The predicted octanol–water partition coefficient (Wildman–Crippen LogP) is 3.25. The molecule has 1 amide bonds. The Morgan fingerprint density at radius 1 is 1.10 bits per heavy atom. The summed E-state index contributed by atoms with van der Waals surface area (Å²) < 4.78 is 0. The van der Waals surface area contributed by atoms with E-state index in [9.17, 15) is 9.59 Å². The molecule has 0 aliphatic rings. The van der Waals surface area contributed by atoms with Crippen molar-refractivity contribution in [1.29, 1.82) is 0 Å². The number of hydrogen-bond donors (Lipinski definition) is 2. The number of nitrogens with one attached hydrogen (secondary N) is 1. The lowest BCUT2D eigenvalue weighted by molar-refractivity contribution is 0.0702. The van der Waals surface area contributed by atoms with Gasteiger partial charge >= 0.3 is 5.97 Å². The lowest BCUT2D eigenvalue weighted by Crippen LogP contribution is -2.13. The van der Waals surface area contributed by atoms with Crippen molar-refractivity contribution in [3.63, 3.8) is 0 Å². The molecule has 3 rings (SSSR count). The number of carbonyl (C=O) groups excluding carboxylic acids is 1. The molecule has 104 valence electrons. The third-order valence-corrected chi connectivity index (χ3v) is 3.93. The predicted molar refractivity (Wildman–Crippen MR) is 81.0 cm³/mol. The Labute approximate surface area is 123 Å². The first-order valence-corrected chi connectivity index (χ1v) is 6.95. The van der Waals surface area contributed by atoms with E-state index in [1.807, 2.05) is 30.3 Å². The van der Waals surface area contributed by atoms with Gasteiger partial charge in [0, 0.05) is 11.6 Å². The van der Waals surface area contributed by atoms with Crippen LogP contribution in [0.3, 0.4) is 0 Å². The standard InChI is InChI=1S/C15H10N2O3S/c18-14(17-12-6-5-11(21-12)15(19)20)13-10-4-2-1-3-9(10)7-8-16-13/h1-8H,(H,17,18)(H,19,20). The quantitative estimate of drug-likeness (QED) is 0.778. The van der Waals surface area contributed by atoms with E-state index in [0.29, 0.717) is 10.7 Å². The molecule has 0 saturated carbocycles. The Morgan fingerprint density at radius 2 is 1.90 bits per heavy atom. The number of carboxylic acids is 1. The fraction of sp³-hybridized carbons (Fsp3) is 0. The number of hydrogen-bond acceptors (Lipinski definition) is 4. The van der Waals surface area contributed by atoms with Crippen LogP contribution >= 0.6 is 11.3 Å². The van der Waals surface area contributed by atoms with Crippen LogP contribution in [0.15, 0.2) is 48.7 Å². The van der Waals surface area contributed by atoms with Gasteiger partial charge in [-0.3, -0.25) is 9.78 Å². The van der Waals surface area contributed by atoms with Gasteiger partial charge in [0.05, 0.1) is 5.00 Å². The first-order chi connectivity index (χ1) is 10.1. The number of aromatic nitrogens is 1. The first kappa shape index (κ1) is 13.3. The second-order valence-electron chi connectivity index (χ2n) is 4.30. The van der Waals surface area contributed by atoms with Crippen molar-refractivity contribution >= 4 is 39.0 Å². The second kappa shape index (κ2) is 5.34. The molecule has 21 heavy (non-hydrogen) atoms. The number of fused-ring (bicyclic) bond motifs is 1. The number of rotatable bonds is 3. The Kier molecular flexibility index (Phi) is 3.37. The van der Waals surface area contributed by atoms with Crippen LogP contribution in [-0.2, 0) is 0 Å². The Bertz CT molecular complexity index is 836. The number of carbonyl (C=O) groups is 2. The number of nitrogens with zero attached hydrogens (tertiary/aromatic N) is 1. The molecule has 0 radical (unpaired) electrons. The molecule has 0 atom stereocenters. The number of amides is 1. The van der Waals surface area contributed by atoms with E-state index in [1.165, 1.54) is 6.07 Å². The molecule has 0 spiro atoms. The van der Waals surface area contributed by atoms with Crippen molar-refractivity contribution in [3.8, 4) is 0 Å². The normalized spacial score (nSPS) is 10.5. The summed E-state index contributed by atoms with van der Waals surface area (Å²) in [5.41, 5.74) is 0.318. The number of aromatic carboxylic acids is 1. The van der Waals surface area contributed by atoms with Crippen molar-refractivity contribution in [3.05, 3.63) is 59.2 Å². The van der Waals surface area contributed by atoms with Crippen molar-refractivity contribution in [1.82, 2.24) is 4.98 Å². The lowest BCUT2D eigenvalue weighted by atomic mass is 10.1. The smallest absolute Gasteiger partial charge is 0.345 e. The molecular formula is C15H10N2O3S. The van der Waals surface area contributed by atoms with Gasteiger partial charge in [0.2, 0.25) is 0 Å². The Hall–Kier alpha value is -2.73. The van der Waals surface area contributed by atoms with Crippen molar-refractivity contribution in [2.45, 2.75) is 0 Å². The van der Waals surface area contributed by atoms with Crippen LogP contribution in [0.4, 0.5) is 5.00 Å². The van der Waals surface area contributed by atoms with E-state index in [-0.39, 0.29) is 10.8 Å². The molecule has 0 unspecified atom stereocenters. The van der Waals surface area contributed by atoms with Crippen LogP contribution in [0.1, 0.15) is 20.2 Å². The zero-order valence-electron chi connectivity index (χ0n) is 10.7. The summed E-state index contributed by atoms with van der Waals surface area (Å²) in [6.07, 6.45) is 1.58. The molecule has 0 aliphatic heterocycles. The van der Waals surface area contributed by atoms with Crippen LogP contribution in [0.5, 0.6) is 0 Å². The summed E-state index contributed by atoms with van der Waals surface area (Å²) in [7, 11) is 0. The maximum atomic E-state index is 12.3. The summed E-state index contributed by atoms with van der Waals surface area (Å²) >= 11 is 1.01. The Morgan fingerprint density at radius 3 is 2.67 bits per heavy atom. The highest BCUT2D eigenvalue weighted by molar-refractivity contribution is 7.18. The van der Waals surface area contributed by atoms with Gasteiger partial charge in [-0.05, 0) is 23.6 Å². The van der Waals surface area contributed by atoms with Gasteiger partial charge in [0.25, 0.3) is 5.91 Å². The Balaban J connectivity index is 1.91. The maximum Gasteiger partial charge on any atom is 0.345 e. The van der Waals surface area contributed by atoms with Gasteiger partial charge < -0.3 is 10.4 Å². The van der Waals surface area contributed by atoms with Gasteiger partial charge in [-0.15, -0.1) is 11.3 Å². The fourth-order valence-corrected chi connectivity index (χ4v) is 2.73. The minimum absolute atomic E-state index is 0.177. The molecule has 0 fully saturated rings. The second-order valence-corrected chi connectivity index (χ2v) is 5.39. The minimum Gasteiger partial charge on any atom is -0.477 e. The molecule has 2 heterocycles. The number of pyridine rings is 1. The van der Waals surface area contributed by atoms with E-state index in [4.69, 9.17) is 5.11 Å². The molecule has 2 N–H and O–H groups in total. The summed E-state index contributed by atoms with van der Waals surface area (Å²) in [5.74, 6) is -1.37. The van der Waals surface area contributed by atoms with Crippen LogP contribution in [-0.4, -0.2) is 22.0 Å². The summed E-state index contributed by atoms with van der Waals surface area (Å²) in [6.45, 7) is 0. The topological polar surface area (TPSA) is 79.3 Å². The number of anilines is 1. The van der Waals surface area contributed by atoms with Gasteiger partial charge in [-0.2, -0.15) is 0 Å². The average molecular weight is 298 g/mol. The summed E-state index contributed by atoms with van der Waals surface area (Å²) in [6, 6.07) is 12.3. The third-order valence-electron chi connectivity index (χ3n) is 2.94. The zero-order valence-corrected chi connectivity index (χ0v) is 11.6. The van der Waals surface area contributed by atoms with Crippen LogP contribution < -0.4 is 5.32 Å².